The molecule has 174 valence electrons. The van der Waals surface area contributed by atoms with Crippen molar-refractivity contribution in [3.8, 4) is 0 Å². The van der Waals surface area contributed by atoms with Crippen molar-refractivity contribution in [3.05, 3.63) is 70.8 Å². The van der Waals surface area contributed by atoms with E-state index in [-0.39, 0.29) is 30.7 Å². The summed E-state index contributed by atoms with van der Waals surface area (Å²) in [5.74, 6) is 0.810. The maximum atomic E-state index is 12.4. The molecule has 2 unspecified atom stereocenters. The maximum absolute atomic E-state index is 12.4. The summed E-state index contributed by atoms with van der Waals surface area (Å²) in [5.41, 5.74) is 3.28. The van der Waals surface area contributed by atoms with E-state index in [1.54, 1.807) is 24.3 Å². The van der Waals surface area contributed by atoms with Crippen LogP contribution < -0.4 is 5.32 Å². The maximum Gasteiger partial charge on any atom is 0.261 e. The highest BCUT2D eigenvalue weighted by molar-refractivity contribution is 6.21. The Kier molecular flexibility index (Phi) is 7.23. The average molecular weight is 448 g/mol. The van der Waals surface area contributed by atoms with Gasteiger partial charge in [-0.15, -0.1) is 0 Å². The van der Waals surface area contributed by atoms with E-state index in [4.69, 9.17) is 0 Å². The van der Waals surface area contributed by atoms with Gasteiger partial charge >= 0.3 is 0 Å². The van der Waals surface area contributed by atoms with Crippen LogP contribution in [0.3, 0.4) is 0 Å². The number of benzene rings is 2. The summed E-state index contributed by atoms with van der Waals surface area (Å²) in [7, 11) is 0. The van der Waals surface area contributed by atoms with Crippen LogP contribution in [0.5, 0.6) is 0 Å². The number of nitrogens with zero attached hydrogens (tertiary/aromatic N) is 2. The molecule has 1 saturated heterocycles. The molecule has 3 amide bonds. The number of piperidine rings is 1. The summed E-state index contributed by atoms with van der Waals surface area (Å²) in [6.07, 6.45) is 2.01. The van der Waals surface area contributed by atoms with Gasteiger partial charge in [0.1, 0.15) is 0 Å². The summed E-state index contributed by atoms with van der Waals surface area (Å²) < 4.78 is 0. The molecule has 1 fully saturated rings. The molecule has 0 aliphatic carbocycles. The molecular formula is C27H33N3O3. The van der Waals surface area contributed by atoms with Crippen molar-refractivity contribution in [2.75, 3.05) is 19.6 Å². The Morgan fingerprint density at radius 2 is 1.48 bits per heavy atom. The predicted octanol–water partition coefficient (Wildman–Crippen LogP) is 3.86. The van der Waals surface area contributed by atoms with Gasteiger partial charge in [-0.25, -0.2) is 0 Å². The number of carbonyl (C=O) groups is 3. The van der Waals surface area contributed by atoms with Crippen molar-refractivity contribution < 1.29 is 14.4 Å². The lowest BCUT2D eigenvalue weighted by Gasteiger charge is -2.35. The molecule has 0 radical (unpaired) electrons. The summed E-state index contributed by atoms with van der Waals surface area (Å²) >= 11 is 0. The minimum absolute atomic E-state index is 0.0679. The van der Waals surface area contributed by atoms with E-state index in [0.717, 1.165) is 25.2 Å². The third-order valence-electron chi connectivity index (χ3n) is 6.60. The molecule has 2 aliphatic heterocycles. The van der Waals surface area contributed by atoms with E-state index < -0.39 is 0 Å². The number of imide groups is 1. The normalized spacial score (nSPS) is 20.7. The second-order valence-electron chi connectivity index (χ2n) is 9.60. The van der Waals surface area contributed by atoms with Crippen molar-refractivity contribution >= 4 is 17.7 Å². The van der Waals surface area contributed by atoms with E-state index in [1.807, 2.05) is 6.07 Å². The largest absolute Gasteiger partial charge is 0.352 e. The van der Waals surface area contributed by atoms with Gasteiger partial charge in [-0.3, -0.25) is 24.2 Å². The quantitative estimate of drug-likeness (QED) is 0.624. The average Bonchev–Trinajstić information content (AvgIpc) is 3.03. The van der Waals surface area contributed by atoms with Crippen molar-refractivity contribution in [2.24, 2.45) is 11.8 Å². The smallest absolute Gasteiger partial charge is 0.261 e. The Bertz CT molecular complexity index is 990. The van der Waals surface area contributed by atoms with Crippen LogP contribution in [-0.4, -0.2) is 47.2 Å². The summed E-state index contributed by atoms with van der Waals surface area (Å²) in [6, 6.07) is 15.1. The van der Waals surface area contributed by atoms with Crippen LogP contribution in [0.25, 0.3) is 0 Å². The van der Waals surface area contributed by atoms with Gasteiger partial charge < -0.3 is 5.32 Å². The first-order valence-electron chi connectivity index (χ1n) is 11.9. The summed E-state index contributed by atoms with van der Waals surface area (Å²) in [6.45, 7) is 8.50. The number of hydrogen-bond donors (Lipinski definition) is 1. The Labute approximate surface area is 196 Å². The zero-order valence-corrected chi connectivity index (χ0v) is 19.5. The Morgan fingerprint density at radius 3 is 2.12 bits per heavy atom. The molecule has 2 aromatic rings. The topological polar surface area (TPSA) is 69.7 Å². The number of amides is 3. The standard InChI is InChI=1S/C27H33N3O3/c1-19-14-20(2)17-29(16-19)18-22-9-4-3-8-21(22)15-28-25(31)12-7-13-30-26(32)23-10-5-6-11-24(23)27(30)33/h3-6,8-11,19-20H,7,12-18H2,1-2H3,(H,28,31). The van der Waals surface area contributed by atoms with Crippen LogP contribution >= 0.6 is 0 Å². The lowest BCUT2D eigenvalue weighted by atomic mass is 9.91. The second kappa shape index (κ2) is 10.3. The summed E-state index contributed by atoms with van der Waals surface area (Å²) in [4.78, 5) is 41.1. The predicted molar refractivity (Wildman–Crippen MR) is 128 cm³/mol. The van der Waals surface area contributed by atoms with Crippen molar-refractivity contribution in [2.45, 2.75) is 46.2 Å². The number of carbonyl (C=O) groups excluding carboxylic acids is 3. The molecule has 33 heavy (non-hydrogen) atoms. The first-order valence-corrected chi connectivity index (χ1v) is 11.9. The lowest BCUT2D eigenvalue weighted by Crippen LogP contribution is -2.38. The molecule has 2 aliphatic rings. The lowest BCUT2D eigenvalue weighted by molar-refractivity contribution is -0.121. The minimum atomic E-state index is -0.272. The second-order valence-corrected chi connectivity index (χ2v) is 9.60. The van der Waals surface area contributed by atoms with Gasteiger partial charge in [0.05, 0.1) is 11.1 Å². The van der Waals surface area contributed by atoms with Crippen LogP contribution in [0.2, 0.25) is 0 Å². The van der Waals surface area contributed by atoms with Gasteiger partial charge in [0.15, 0.2) is 0 Å². The van der Waals surface area contributed by atoms with Gasteiger partial charge in [0.2, 0.25) is 5.91 Å². The van der Waals surface area contributed by atoms with Crippen LogP contribution in [0.4, 0.5) is 0 Å². The van der Waals surface area contributed by atoms with Gasteiger partial charge in [-0.05, 0) is 47.9 Å². The van der Waals surface area contributed by atoms with Gasteiger partial charge in [-0.2, -0.15) is 0 Å². The molecule has 2 atom stereocenters. The SMILES string of the molecule is CC1CC(C)CN(Cc2ccccc2CNC(=O)CCCN2C(=O)c3ccccc3C2=O)C1. The van der Waals surface area contributed by atoms with Gasteiger partial charge in [0.25, 0.3) is 11.8 Å². The molecule has 2 aromatic carbocycles. The van der Waals surface area contributed by atoms with Crippen LogP contribution in [0.1, 0.15) is 65.0 Å². The van der Waals surface area contributed by atoms with Crippen molar-refractivity contribution in [3.63, 3.8) is 0 Å². The molecule has 0 aromatic heterocycles. The molecule has 0 bridgehead atoms. The molecule has 6 heteroatoms. The number of likely N-dealkylation sites (tertiary alicyclic amines) is 1. The fourth-order valence-corrected chi connectivity index (χ4v) is 5.17. The molecule has 4 rings (SSSR count). The van der Waals surface area contributed by atoms with E-state index in [1.165, 1.54) is 16.9 Å². The zero-order chi connectivity index (χ0) is 23.4. The number of rotatable bonds is 8. The molecule has 0 saturated carbocycles. The first-order chi connectivity index (χ1) is 15.9. The fraction of sp³-hybridized carbons (Fsp3) is 0.444. The highest BCUT2D eigenvalue weighted by atomic mass is 16.2. The fourth-order valence-electron chi connectivity index (χ4n) is 5.17. The minimum Gasteiger partial charge on any atom is -0.352 e. The number of hydrogen-bond acceptors (Lipinski definition) is 4. The molecule has 0 spiro atoms. The van der Waals surface area contributed by atoms with E-state index >= 15 is 0 Å². The number of nitrogens with one attached hydrogen (secondary N) is 1. The van der Waals surface area contributed by atoms with Crippen LogP contribution in [0, 0.1) is 11.8 Å². The third kappa shape index (κ3) is 5.50. The van der Waals surface area contributed by atoms with Gasteiger partial charge in [-0.1, -0.05) is 50.2 Å². The highest BCUT2D eigenvalue weighted by Crippen LogP contribution is 2.24. The zero-order valence-electron chi connectivity index (χ0n) is 19.5. The van der Waals surface area contributed by atoms with Crippen LogP contribution in [0.15, 0.2) is 48.5 Å². The van der Waals surface area contributed by atoms with Crippen molar-refractivity contribution in [1.82, 2.24) is 15.1 Å². The third-order valence-corrected chi connectivity index (χ3v) is 6.60. The van der Waals surface area contributed by atoms with Gasteiger partial charge in [0, 0.05) is 39.1 Å². The first kappa shape index (κ1) is 23.2. The highest BCUT2D eigenvalue weighted by Gasteiger charge is 2.34. The summed E-state index contributed by atoms with van der Waals surface area (Å²) in [5, 5.41) is 3.01. The van der Waals surface area contributed by atoms with Crippen molar-refractivity contribution in [1.29, 1.82) is 0 Å². The van der Waals surface area contributed by atoms with E-state index in [9.17, 15) is 14.4 Å². The Hall–Kier alpha value is -2.99. The van der Waals surface area contributed by atoms with E-state index in [0.29, 0.717) is 35.9 Å². The Balaban J connectivity index is 1.25. The Morgan fingerprint density at radius 1 is 0.909 bits per heavy atom. The molecular weight excluding hydrogens is 414 g/mol. The molecule has 6 nitrogen and oxygen atoms in total. The molecule has 2 heterocycles. The van der Waals surface area contributed by atoms with E-state index in [2.05, 4.69) is 42.3 Å². The number of fused-ring (bicyclic) bond motifs is 1. The van der Waals surface area contributed by atoms with Crippen LogP contribution in [-0.2, 0) is 17.9 Å². The molecule has 1 N–H and O–H groups in total. The monoisotopic (exact) mass is 447 g/mol.